The van der Waals surface area contributed by atoms with Crippen LogP contribution in [0.5, 0.6) is 5.75 Å². The number of amides is 1. The number of hydrogen-bond donors (Lipinski definition) is 1. The van der Waals surface area contributed by atoms with Gasteiger partial charge in [-0.2, -0.15) is 0 Å². The predicted molar refractivity (Wildman–Crippen MR) is 142 cm³/mol. The van der Waals surface area contributed by atoms with Gasteiger partial charge in [-0.15, -0.1) is 11.8 Å². The largest absolute Gasteiger partial charge is 0.483 e. The highest BCUT2D eigenvalue weighted by Crippen LogP contribution is 2.31. The molecule has 170 valence electrons. The third-order valence-electron chi connectivity index (χ3n) is 5.89. The molecule has 2 aromatic carbocycles. The van der Waals surface area contributed by atoms with Gasteiger partial charge in [-0.3, -0.25) is 9.69 Å². The molecule has 2 aromatic rings. The van der Waals surface area contributed by atoms with Crippen molar-refractivity contribution in [3.05, 3.63) is 59.7 Å². The van der Waals surface area contributed by atoms with Crippen LogP contribution in [0.2, 0.25) is 0 Å². The zero-order valence-corrected chi connectivity index (χ0v) is 21.2. The molecule has 0 bridgehead atoms. The Morgan fingerprint density at radius 2 is 1.91 bits per heavy atom. The Kier molecular flexibility index (Phi) is 8.76. The number of unbranched alkanes of at least 4 members (excludes halogenated alkanes) is 1. The summed E-state index contributed by atoms with van der Waals surface area (Å²) >= 11 is 3.97. The number of halogens is 1. The summed E-state index contributed by atoms with van der Waals surface area (Å²) in [5.74, 6) is 1.77. The van der Waals surface area contributed by atoms with Crippen molar-refractivity contribution in [3.8, 4) is 5.75 Å². The van der Waals surface area contributed by atoms with E-state index >= 15 is 0 Å². The summed E-state index contributed by atoms with van der Waals surface area (Å²) in [5.41, 5.74) is 3.27. The molecule has 5 nitrogen and oxygen atoms in total. The van der Waals surface area contributed by atoms with Crippen molar-refractivity contribution in [1.82, 2.24) is 10.2 Å². The Hall–Kier alpha value is -1.71. The fourth-order valence-corrected chi connectivity index (χ4v) is 5.44. The summed E-state index contributed by atoms with van der Waals surface area (Å²) < 4.78 is 6.29. The molecule has 1 amide bonds. The number of carbonyl (C=O) groups is 1. The Balaban J connectivity index is 1.13. The monoisotopic (exact) mass is 563 g/mol. The van der Waals surface area contributed by atoms with Crippen LogP contribution in [-0.4, -0.2) is 60.4 Å². The van der Waals surface area contributed by atoms with Crippen molar-refractivity contribution >= 4 is 52.0 Å². The van der Waals surface area contributed by atoms with Crippen LogP contribution >= 0.6 is 34.4 Å². The Morgan fingerprint density at radius 1 is 1.06 bits per heavy atom. The number of nitrogens with one attached hydrogen (secondary N) is 1. The van der Waals surface area contributed by atoms with E-state index in [1.165, 1.54) is 10.6 Å². The molecule has 0 spiro atoms. The van der Waals surface area contributed by atoms with Gasteiger partial charge < -0.3 is 15.0 Å². The number of nitrogens with zero attached hydrogens (tertiary/aromatic N) is 2. The lowest BCUT2D eigenvalue weighted by atomic mass is 10.1. The Morgan fingerprint density at radius 3 is 2.75 bits per heavy atom. The highest BCUT2D eigenvalue weighted by atomic mass is 127. The van der Waals surface area contributed by atoms with Gasteiger partial charge in [0.1, 0.15) is 10.4 Å². The van der Waals surface area contributed by atoms with Gasteiger partial charge in [0.15, 0.2) is 0 Å². The van der Waals surface area contributed by atoms with Gasteiger partial charge in [-0.25, -0.2) is 0 Å². The fraction of sp³-hybridized carbons (Fsp3) is 0.400. The summed E-state index contributed by atoms with van der Waals surface area (Å²) in [6, 6.07) is 16.6. The number of hydrogen-bond acceptors (Lipinski definition) is 5. The SMILES string of the molecule is O=C(NCCCCN1CCN(c2cccc(OCI)c2)CC1)C1=Cc2ccccc2SC1. The van der Waals surface area contributed by atoms with E-state index in [0.29, 0.717) is 4.61 Å². The van der Waals surface area contributed by atoms with Crippen LogP contribution in [0, 0.1) is 0 Å². The summed E-state index contributed by atoms with van der Waals surface area (Å²) in [7, 11) is 0. The van der Waals surface area contributed by atoms with E-state index in [1.54, 1.807) is 11.8 Å². The van der Waals surface area contributed by atoms with Gasteiger partial charge in [-0.05, 0) is 71.8 Å². The second-order valence-electron chi connectivity index (χ2n) is 8.04. The van der Waals surface area contributed by atoms with E-state index in [2.05, 4.69) is 68.0 Å². The van der Waals surface area contributed by atoms with Crippen molar-refractivity contribution in [3.63, 3.8) is 0 Å². The highest BCUT2D eigenvalue weighted by Gasteiger charge is 2.18. The van der Waals surface area contributed by atoms with Crippen molar-refractivity contribution < 1.29 is 9.53 Å². The lowest BCUT2D eigenvalue weighted by Crippen LogP contribution is -2.46. The Labute approximate surface area is 208 Å². The van der Waals surface area contributed by atoms with E-state index < -0.39 is 0 Å². The minimum absolute atomic E-state index is 0.0781. The maximum Gasteiger partial charge on any atom is 0.248 e. The topological polar surface area (TPSA) is 44.8 Å². The molecule has 0 aliphatic carbocycles. The minimum Gasteiger partial charge on any atom is -0.483 e. The smallest absolute Gasteiger partial charge is 0.248 e. The maximum absolute atomic E-state index is 12.5. The molecular formula is C25H30IN3O2S. The van der Waals surface area contributed by atoms with Crippen molar-refractivity contribution in [2.24, 2.45) is 0 Å². The van der Waals surface area contributed by atoms with Crippen molar-refractivity contribution in [2.75, 3.05) is 54.5 Å². The van der Waals surface area contributed by atoms with Crippen LogP contribution in [0.4, 0.5) is 5.69 Å². The van der Waals surface area contributed by atoms with Gasteiger partial charge in [0.05, 0.1) is 0 Å². The number of ether oxygens (including phenoxy) is 1. The van der Waals surface area contributed by atoms with Gasteiger partial charge in [0, 0.05) is 60.7 Å². The van der Waals surface area contributed by atoms with Crippen LogP contribution in [0.15, 0.2) is 59.0 Å². The number of fused-ring (bicyclic) bond motifs is 1. The molecule has 4 rings (SSSR count). The molecule has 7 heteroatoms. The third-order valence-corrected chi connectivity index (χ3v) is 7.34. The van der Waals surface area contributed by atoms with E-state index in [1.807, 2.05) is 24.3 Å². The zero-order chi connectivity index (χ0) is 22.2. The lowest BCUT2D eigenvalue weighted by Gasteiger charge is -2.36. The number of alkyl halides is 1. The van der Waals surface area contributed by atoms with Gasteiger partial charge in [-0.1, -0.05) is 24.3 Å². The van der Waals surface area contributed by atoms with Crippen LogP contribution in [0.1, 0.15) is 18.4 Å². The summed E-state index contributed by atoms with van der Waals surface area (Å²) in [4.78, 5) is 18.7. The zero-order valence-electron chi connectivity index (χ0n) is 18.3. The van der Waals surface area contributed by atoms with E-state index in [9.17, 15) is 4.79 Å². The average Bonchev–Trinajstić information content (AvgIpc) is 2.84. The molecule has 32 heavy (non-hydrogen) atoms. The van der Waals surface area contributed by atoms with Crippen LogP contribution in [0.25, 0.3) is 6.08 Å². The molecule has 1 fully saturated rings. The second kappa shape index (κ2) is 12.0. The first-order valence-corrected chi connectivity index (χ1v) is 13.7. The van der Waals surface area contributed by atoms with Crippen molar-refractivity contribution in [2.45, 2.75) is 17.7 Å². The van der Waals surface area contributed by atoms with E-state index in [-0.39, 0.29) is 5.91 Å². The fourth-order valence-electron chi connectivity index (χ4n) is 4.09. The molecule has 1 saturated heterocycles. The average molecular weight is 564 g/mol. The minimum atomic E-state index is 0.0781. The third kappa shape index (κ3) is 6.42. The molecule has 0 saturated carbocycles. The summed E-state index contributed by atoms with van der Waals surface area (Å²) in [5, 5.41) is 3.11. The number of carbonyl (C=O) groups excluding carboxylic acids is 1. The number of anilines is 1. The summed E-state index contributed by atoms with van der Waals surface area (Å²) in [6.07, 6.45) is 4.15. The first-order valence-electron chi connectivity index (χ1n) is 11.2. The van der Waals surface area contributed by atoms with Crippen LogP contribution < -0.4 is 15.0 Å². The number of thioether (sulfide) groups is 1. The quantitative estimate of drug-likeness (QED) is 0.273. The molecule has 0 unspecified atom stereocenters. The van der Waals surface area contributed by atoms with E-state index in [4.69, 9.17) is 4.74 Å². The second-order valence-corrected chi connectivity index (χ2v) is 9.68. The van der Waals surface area contributed by atoms with Crippen LogP contribution in [-0.2, 0) is 4.79 Å². The number of piperazine rings is 1. The van der Waals surface area contributed by atoms with Crippen LogP contribution in [0.3, 0.4) is 0 Å². The first-order chi connectivity index (χ1) is 15.7. The highest BCUT2D eigenvalue weighted by molar-refractivity contribution is 14.1. The molecule has 1 N–H and O–H groups in total. The van der Waals surface area contributed by atoms with Gasteiger partial charge >= 0.3 is 0 Å². The number of rotatable bonds is 9. The molecule has 0 aromatic heterocycles. The van der Waals surface area contributed by atoms with Crippen molar-refractivity contribution in [1.29, 1.82) is 0 Å². The molecular weight excluding hydrogens is 533 g/mol. The standard InChI is InChI=1S/C25H30IN3O2S/c26-19-31-23-8-5-7-22(17-23)29-14-12-28(13-15-29)11-4-3-10-27-25(30)21-16-20-6-1-2-9-24(20)32-18-21/h1-2,5-9,16-17H,3-4,10-15,18-19H2,(H,27,30). The summed E-state index contributed by atoms with van der Waals surface area (Å²) in [6.45, 7) is 6.07. The lowest BCUT2D eigenvalue weighted by molar-refractivity contribution is -0.117. The van der Waals surface area contributed by atoms with Gasteiger partial charge in [0.25, 0.3) is 0 Å². The predicted octanol–water partition coefficient (Wildman–Crippen LogP) is 4.67. The molecule has 2 heterocycles. The maximum atomic E-state index is 12.5. The molecule has 0 radical (unpaired) electrons. The number of benzene rings is 2. The molecule has 2 aliphatic rings. The first kappa shape index (κ1) is 23.4. The Bertz CT molecular complexity index is 944. The molecule has 0 atom stereocenters. The van der Waals surface area contributed by atoms with Gasteiger partial charge in [0.2, 0.25) is 5.91 Å². The van der Waals surface area contributed by atoms with E-state index in [0.717, 1.165) is 74.7 Å². The normalized spacial score (nSPS) is 16.3. The molecule has 2 aliphatic heterocycles.